The summed E-state index contributed by atoms with van der Waals surface area (Å²) >= 11 is 0. The SMILES string of the molecule is O=C/C=C/c1coc2cc(O)ccc2c1=O. The first-order chi connectivity index (χ1) is 7.72. The van der Waals surface area contributed by atoms with Crippen LogP contribution >= 0.6 is 0 Å². The van der Waals surface area contributed by atoms with Crippen LogP contribution in [0.1, 0.15) is 5.56 Å². The second-order valence-electron chi connectivity index (χ2n) is 3.20. The van der Waals surface area contributed by atoms with Gasteiger partial charge in [0.1, 0.15) is 23.9 Å². The lowest BCUT2D eigenvalue weighted by Gasteiger charge is -1.98. The molecule has 1 aromatic heterocycles. The summed E-state index contributed by atoms with van der Waals surface area (Å²) in [7, 11) is 0. The molecule has 4 nitrogen and oxygen atoms in total. The minimum absolute atomic E-state index is 0.0341. The van der Waals surface area contributed by atoms with Crippen LogP contribution in [0.4, 0.5) is 0 Å². The average Bonchev–Trinajstić information content (AvgIpc) is 2.28. The summed E-state index contributed by atoms with van der Waals surface area (Å²) in [6, 6.07) is 4.26. The van der Waals surface area contributed by atoms with Gasteiger partial charge in [0.05, 0.1) is 10.9 Å². The van der Waals surface area contributed by atoms with Crippen molar-refractivity contribution in [3.63, 3.8) is 0 Å². The molecule has 0 unspecified atom stereocenters. The molecule has 0 radical (unpaired) electrons. The zero-order valence-corrected chi connectivity index (χ0v) is 8.21. The topological polar surface area (TPSA) is 67.5 Å². The highest BCUT2D eigenvalue weighted by molar-refractivity contribution is 5.81. The third-order valence-corrected chi connectivity index (χ3v) is 2.14. The van der Waals surface area contributed by atoms with E-state index in [1.54, 1.807) is 0 Å². The van der Waals surface area contributed by atoms with Gasteiger partial charge < -0.3 is 9.52 Å². The smallest absolute Gasteiger partial charge is 0.199 e. The van der Waals surface area contributed by atoms with Crippen molar-refractivity contribution >= 4 is 23.3 Å². The number of hydrogen-bond donors (Lipinski definition) is 1. The average molecular weight is 216 g/mol. The number of aldehydes is 1. The summed E-state index contributed by atoms with van der Waals surface area (Å²) in [5, 5.41) is 9.58. The molecule has 0 spiro atoms. The molecule has 2 rings (SSSR count). The highest BCUT2D eigenvalue weighted by atomic mass is 16.3. The second-order valence-corrected chi connectivity index (χ2v) is 3.20. The normalized spacial score (nSPS) is 11.0. The van der Waals surface area contributed by atoms with Crippen LogP contribution in [0.25, 0.3) is 17.0 Å². The molecule has 1 heterocycles. The Bertz CT molecular complexity index is 622. The van der Waals surface area contributed by atoms with Gasteiger partial charge in [0.25, 0.3) is 0 Å². The number of fused-ring (bicyclic) bond motifs is 1. The third-order valence-electron chi connectivity index (χ3n) is 2.14. The van der Waals surface area contributed by atoms with Gasteiger partial charge in [-0.15, -0.1) is 0 Å². The predicted molar refractivity (Wildman–Crippen MR) is 59.2 cm³/mol. The molecular weight excluding hydrogens is 208 g/mol. The van der Waals surface area contributed by atoms with Gasteiger partial charge in [-0.2, -0.15) is 0 Å². The summed E-state index contributed by atoms with van der Waals surface area (Å²) in [6.07, 6.45) is 4.44. The Morgan fingerprint density at radius 3 is 2.88 bits per heavy atom. The minimum Gasteiger partial charge on any atom is -0.508 e. The zero-order chi connectivity index (χ0) is 11.5. The van der Waals surface area contributed by atoms with Gasteiger partial charge in [-0.05, 0) is 24.3 Å². The molecule has 80 valence electrons. The van der Waals surface area contributed by atoms with Crippen molar-refractivity contribution in [2.45, 2.75) is 0 Å². The lowest BCUT2D eigenvalue weighted by molar-refractivity contribution is -0.104. The highest BCUT2D eigenvalue weighted by Gasteiger charge is 2.04. The van der Waals surface area contributed by atoms with E-state index in [0.717, 1.165) is 0 Å². The maximum absolute atomic E-state index is 11.8. The number of rotatable bonds is 2. The number of aromatic hydroxyl groups is 1. The zero-order valence-electron chi connectivity index (χ0n) is 8.21. The fourth-order valence-electron chi connectivity index (χ4n) is 1.39. The summed E-state index contributed by atoms with van der Waals surface area (Å²) < 4.78 is 5.17. The summed E-state index contributed by atoms with van der Waals surface area (Å²) in [6.45, 7) is 0. The lowest BCUT2D eigenvalue weighted by atomic mass is 10.1. The van der Waals surface area contributed by atoms with Gasteiger partial charge in [0, 0.05) is 6.07 Å². The number of benzene rings is 1. The first-order valence-electron chi connectivity index (χ1n) is 4.59. The quantitative estimate of drug-likeness (QED) is 0.613. The molecule has 0 fully saturated rings. The van der Waals surface area contributed by atoms with Crippen molar-refractivity contribution in [2.24, 2.45) is 0 Å². The molecule has 0 aliphatic heterocycles. The number of allylic oxidation sites excluding steroid dienone is 1. The van der Waals surface area contributed by atoms with E-state index < -0.39 is 0 Å². The first kappa shape index (κ1) is 10.2. The van der Waals surface area contributed by atoms with Crippen molar-refractivity contribution in [1.82, 2.24) is 0 Å². The number of hydrogen-bond acceptors (Lipinski definition) is 4. The molecule has 0 atom stereocenters. The van der Waals surface area contributed by atoms with Crippen molar-refractivity contribution < 1.29 is 14.3 Å². The molecule has 0 bridgehead atoms. The molecule has 0 aliphatic rings. The van der Waals surface area contributed by atoms with Crippen molar-refractivity contribution in [1.29, 1.82) is 0 Å². The Balaban J connectivity index is 2.70. The number of phenols is 1. The third kappa shape index (κ3) is 1.72. The number of carbonyl (C=O) groups excluding carboxylic acids is 1. The van der Waals surface area contributed by atoms with E-state index in [0.29, 0.717) is 22.8 Å². The van der Waals surface area contributed by atoms with Crippen molar-refractivity contribution in [2.75, 3.05) is 0 Å². The molecular formula is C12H8O4. The largest absolute Gasteiger partial charge is 0.508 e. The first-order valence-corrected chi connectivity index (χ1v) is 4.59. The number of phenolic OH excluding ortho intramolecular Hbond substituents is 1. The minimum atomic E-state index is -0.237. The molecule has 0 amide bonds. The maximum Gasteiger partial charge on any atom is 0.199 e. The molecule has 1 aromatic carbocycles. The summed E-state index contributed by atoms with van der Waals surface area (Å²) in [4.78, 5) is 22.0. The van der Waals surface area contributed by atoms with Crippen molar-refractivity contribution in [3.8, 4) is 5.75 Å². The van der Waals surface area contributed by atoms with Gasteiger partial charge in [-0.1, -0.05) is 0 Å². The van der Waals surface area contributed by atoms with Crippen LogP contribution in [0.2, 0.25) is 0 Å². The molecule has 2 aromatic rings. The van der Waals surface area contributed by atoms with Crippen LogP contribution in [0.5, 0.6) is 5.75 Å². The second kappa shape index (κ2) is 4.02. The van der Waals surface area contributed by atoms with Gasteiger partial charge in [0.2, 0.25) is 0 Å². The van der Waals surface area contributed by atoms with Crippen LogP contribution in [0, 0.1) is 0 Å². The van der Waals surface area contributed by atoms with E-state index in [9.17, 15) is 14.7 Å². The van der Waals surface area contributed by atoms with E-state index in [4.69, 9.17) is 4.42 Å². The van der Waals surface area contributed by atoms with E-state index in [1.807, 2.05) is 0 Å². The highest BCUT2D eigenvalue weighted by Crippen LogP contribution is 2.17. The summed E-state index contributed by atoms with van der Waals surface area (Å²) in [5.74, 6) is 0.0341. The van der Waals surface area contributed by atoms with Gasteiger partial charge in [0.15, 0.2) is 5.43 Å². The van der Waals surface area contributed by atoms with Crippen LogP contribution in [-0.2, 0) is 4.79 Å². The van der Waals surface area contributed by atoms with E-state index >= 15 is 0 Å². The Morgan fingerprint density at radius 1 is 1.31 bits per heavy atom. The van der Waals surface area contributed by atoms with E-state index in [2.05, 4.69) is 0 Å². The maximum atomic E-state index is 11.8. The van der Waals surface area contributed by atoms with Crippen LogP contribution in [0.3, 0.4) is 0 Å². The Labute approximate surface area is 90.4 Å². The fourth-order valence-corrected chi connectivity index (χ4v) is 1.39. The van der Waals surface area contributed by atoms with Crippen molar-refractivity contribution in [3.05, 3.63) is 46.3 Å². The number of carbonyl (C=O) groups is 1. The van der Waals surface area contributed by atoms with Gasteiger partial charge >= 0.3 is 0 Å². The van der Waals surface area contributed by atoms with Crippen LogP contribution in [-0.4, -0.2) is 11.4 Å². The Morgan fingerprint density at radius 2 is 2.12 bits per heavy atom. The molecule has 16 heavy (non-hydrogen) atoms. The fraction of sp³-hybridized carbons (Fsp3) is 0. The van der Waals surface area contributed by atoms with Gasteiger partial charge in [-0.3, -0.25) is 9.59 Å². The molecule has 0 aliphatic carbocycles. The van der Waals surface area contributed by atoms with E-state index in [-0.39, 0.29) is 11.2 Å². The predicted octanol–water partition coefficient (Wildman–Crippen LogP) is 1.71. The standard InChI is InChI=1S/C12H8O4/c13-5-1-2-8-7-16-11-6-9(14)3-4-10(11)12(8)15/h1-7,14H/b2-1+. The van der Waals surface area contributed by atoms with Crippen LogP contribution < -0.4 is 5.43 Å². The lowest BCUT2D eigenvalue weighted by Crippen LogP contribution is -2.04. The Kier molecular flexibility index (Phi) is 2.55. The monoisotopic (exact) mass is 216 g/mol. The molecule has 0 saturated heterocycles. The van der Waals surface area contributed by atoms with Crippen LogP contribution in [0.15, 0.2) is 39.7 Å². The molecule has 1 N–H and O–H groups in total. The summed E-state index contributed by atoms with van der Waals surface area (Å²) in [5.41, 5.74) is 0.373. The molecule has 0 saturated carbocycles. The van der Waals surface area contributed by atoms with E-state index in [1.165, 1.54) is 36.6 Å². The van der Waals surface area contributed by atoms with Gasteiger partial charge in [-0.25, -0.2) is 0 Å². The Hall–Kier alpha value is -2.36. The molecule has 4 heteroatoms.